The number of carbonyl (C=O) groups excluding carboxylic acids is 1. The summed E-state index contributed by atoms with van der Waals surface area (Å²) in [4.78, 5) is 14.1. The third-order valence-corrected chi connectivity index (χ3v) is 4.89. The lowest BCUT2D eigenvalue weighted by Crippen LogP contribution is -2.30. The molecule has 1 aromatic rings. The van der Waals surface area contributed by atoms with Crippen LogP contribution in [0.15, 0.2) is 30.3 Å². The van der Waals surface area contributed by atoms with Gasteiger partial charge in [-0.25, -0.2) is 0 Å². The van der Waals surface area contributed by atoms with Crippen LogP contribution < -0.4 is 5.32 Å². The Labute approximate surface area is 130 Å². The Bertz CT molecular complexity index is 458. The van der Waals surface area contributed by atoms with Crippen molar-refractivity contribution < 1.29 is 4.79 Å². The van der Waals surface area contributed by atoms with Crippen molar-refractivity contribution in [3.05, 3.63) is 35.9 Å². The van der Waals surface area contributed by atoms with Crippen molar-refractivity contribution in [2.75, 3.05) is 18.8 Å². The maximum Gasteiger partial charge on any atom is 0.230 e. The number of rotatable bonds is 4. The summed E-state index contributed by atoms with van der Waals surface area (Å²) in [5, 5.41) is 3.00. The molecule has 1 aliphatic rings. The average molecular weight is 308 g/mol. The molecular weight excluding hydrogens is 288 g/mol. The molecule has 5 heteroatoms. The minimum Gasteiger partial charge on any atom is -0.358 e. The molecule has 0 spiro atoms. The molecule has 1 heterocycles. The molecule has 1 N–H and O–H groups in total. The number of likely N-dealkylation sites (tertiary alicyclic amines) is 1. The normalized spacial score (nSPS) is 15.9. The molecule has 1 saturated heterocycles. The van der Waals surface area contributed by atoms with Gasteiger partial charge in [-0.05, 0) is 25.3 Å². The van der Waals surface area contributed by atoms with Gasteiger partial charge >= 0.3 is 0 Å². The van der Waals surface area contributed by atoms with Crippen molar-refractivity contribution in [1.82, 2.24) is 10.2 Å². The number of hydrogen-bond acceptors (Lipinski definition) is 3. The van der Waals surface area contributed by atoms with Crippen LogP contribution in [0.5, 0.6) is 0 Å². The largest absolute Gasteiger partial charge is 0.358 e. The van der Waals surface area contributed by atoms with Gasteiger partial charge in [0.2, 0.25) is 5.91 Å². The molecule has 20 heavy (non-hydrogen) atoms. The summed E-state index contributed by atoms with van der Waals surface area (Å²) >= 11 is 6.81. The number of amides is 1. The molecule has 1 atom stereocenters. The lowest BCUT2D eigenvalue weighted by molar-refractivity contribution is -0.119. The number of benzene rings is 1. The molecule has 1 aromatic carbocycles. The van der Waals surface area contributed by atoms with Crippen molar-refractivity contribution in [3.63, 3.8) is 0 Å². The molecule has 0 aliphatic carbocycles. The molecule has 0 radical (unpaired) electrons. The molecule has 1 aliphatic heterocycles. The predicted octanol–water partition coefficient (Wildman–Crippen LogP) is 2.98. The van der Waals surface area contributed by atoms with Gasteiger partial charge in [-0.1, -0.05) is 54.3 Å². The maximum absolute atomic E-state index is 11.9. The summed E-state index contributed by atoms with van der Waals surface area (Å²) in [6, 6.07) is 10.0. The summed E-state index contributed by atoms with van der Waals surface area (Å²) in [6.07, 6.45) is 2.41. The molecule has 0 unspecified atom stereocenters. The zero-order valence-corrected chi connectivity index (χ0v) is 13.3. The van der Waals surface area contributed by atoms with Crippen LogP contribution in [0.1, 0.15) is 31.4 Å². The highest BCUT2D eigenvalue weighted by Gasteiger charge is 2.16. The highest BCUT2D eigenvalue weighted by molar-refractivity contribution is 8.23. The monoisotopic (exact) mass is 308 g/mol. The van der Waals surface area contributed by atoms with Crippen molar-refractivity contribution in [2.45, 2.75) is 25.8 Å². The highest BCUT2D eigenvalue weighted by Crippen LogP contribution is 2.17. The SMILES string of the molecule is C[C@@H](NC(=O)CSC(=S)N1CCCC1)c1ccccc1. The second kappa shape index (κ2) is 7.64. The van der Waals surface area contributed by atoms with Crippen molar-refractivity contribution in [3.8, 4) is 0 Å². The fraction of sp³-hybridized carbons (Fsp3) is 0.467. The Morgan fingerprint density at radius 2 is 2.00 bits per heavy atom. The zero-order chi connectivity index (χ0) is 14.4. The molecule has 3 nitrogen and oxygen atoms in total. The standard InChI is InChI=1S/C15H20N2OS2/c1-12(13-7-3-2-4-8-13)16-14(18)11-20-15(19)17-9-5-6-10-17/h2-4,7-8,12H,5-6,9-11H2,1H3,(H,16,18)/t12-/m1/s1. The van der Waals surface area contributed by atoms with Crippen LogP contribution in [0.2, 0.25) is 0 Å². The molecule has 1 fully saturated rings. The first-order chi connectivity index (χ1) is 9.66. The first-order valence-electron chi connectivity index (χ1n) is 6.93. The second-order valence-electron chi connectivity index (χ2n) is 4.95. The molecule has 1 amide bonds. The number of thioether (sulfide) groups is 1. The van der Waals surface area contributed by atoms with E-state index >= 15 is 0 Å². The van der Waals surface area contributed by atoms with Crippen molar-refractivity contribution in [1.29, 1.82) is 0 Å². The summed E-state index contributed by atoms with van der Waals surface area (Å²) in [5.41, 5.74) is 1.12. The molecule has 108 valence electrons. The van der Waals surface area contributed by atoms with Gasteiger partial charge in [-0.15, -0.1) is 0 Å². The van der Waals surface area contributed by atoms with Crippen molar-refractivity contribution >= 4 is 34.2 Å². The topological polar surface area (TPSA) is 32.3 Å². The highest BCUT2D eigenvalue weighted by atomic mass is 32.2. The van der Waals surface area contributed by atoms with E-state index in [9.17, 15) is 4.79 Å². The number of nitrogens with zero attached hydrogens (tertiary/aromatic N) is 1. The lowest BCUT2D eigenvalue weighted by Gasteiger charge is -2.18. The summed E-state index contributed by atoms with van der Waals surface area (Å²) in [6.45, 7) is 4.07. The van der Waals surface area contributed by atoms with E-state index in [2.05, 4.69) is 10.2 Å². The lowest BCUT2D eigenvalue weighted by atomic mass is 10.1. The third-order valence-electron chi connectivity index (χ3n) is 3.37. The Hall–Kier alpha value is -1.07. The van der Waals surface area contributed by atoms with Crippen molar-refractivity contribution in [2.24, 2.45) is 0 Å². The minimum absolute atomic E-state index is 0.0321. The van der Waals surface area contributed by atoms with Gasteiger partial charge in [0.15, 0.2) is 0 Å². The van der Waals surface area contributed by atoms with Crippen LogP contribution in [-0.4, -0.2) is 34.0 Å². The second-order valence-corrected chi connectivity index (χ2v) is 6.56. The van der Waals surface area contributed by atoms with E-state index in [1.807, 2.05) is 37.3 Å². The van der Waals surface area contributed by atoms with Crippen LogP contribution in [-0.2, 0) is 4.79 Å². The molecule has 2 rings (SSSR count). The van der Waals surface area contributed by atoms with E-state index in [4.69, 9.17) is 12.2 Å². The number of hydrogen-bond donors (Lipinski definition) is 1. The van der Waals surface area contributed by atoms with E-state index in [0.29, 0.717) is 5.75 Å². The van der Waals surface area contributed by atoms with Crippen LogP contribution >= 0.6 is 24.0 Å². The fourth-order valence-corrected chi connectivity index (χ4v) is 3.29. The van der Waals surface area contributed by atoms with Gasteiger partial charge < -0.3 is 10.2 Å². The van der Waals surface area contributed by atoms with Gasteiger partial charge in [-0.2, -0.15) is 0 Å². The fourth-order valence-electron chi connectivity index (χ4n) is 2.23. The molecule has 0 saturated carbocycles. The van der Waals surface area contributed by atoms with E-state index in [1.54, 1.807) is 0 Å². The number of nitrogens with one attached hydrogen (secondary N) is 1. The minimum atomic E-state index is 0.0321. The summed E-state index contributed by atoms with van der Waals surface area (Å²) in [5.74, 6) is 0.430. The van der Waals surface area contributed by atoms with Gasteiger partial charge in [-0.3, -0.25) is 4.79 Å². The van der Waals surface area contributed by atoms with E-state index in [1.165, 1.54) is 24.6 Å². The van der Waals surface area contributed by atoms with E-state index < -0.39 is 0 Å². The summed E-state index contributed by atoms with van der Waals surface area (Å²) in [7, 11) is 0. The Balaban J connectivity index is 1.73. The molecule has 0 aromatic heterocycles. The van der Waals surface area contributed by atoms with Crippen LogP contribution in [0, 0.1) is 0 Å². The Morgan fingerprint density at radius 1 is 1.35 bits per heavy atom. The number of carbonyl (C=O) groups is 1. The van der Waals surface area contributed by atoms with Crippen LogP contribution in [0.25, 0.3) is 0 Å². The number of thiocarbonyl (C=S) groups is 1. The third kappa shape index (κ3) is 4.49. The average Bonchev–Trinajstić information content (AvgIpc) is 3.00. The first kappa shape index (κ1) is 15.3. The quantitative estimate of drug-likeness (QED) is 0.867. The van der Waals surface area contributed by atoms with E-state index in [0.717, 1.165) is 23.0 Å². The van der Waals surface area contributed by atoms with Gasteiger partial charge in [0.05, 0.1) is 11.8 Å². The van der Waals surface area contributed by atoms with Crippen LogP contribution in [0.4, 0.5) is 0 Å². The van der Waals surface area contributed by atoms with E-state index in [-0.39, 0.29) is 11.9 Å². The molecular formula is C15H20N2OS2. The molecule has 0 bridgehead atoms. The van der Waals surface area contributed by atoms with Gasteiger partial charge in [0, 0.05) is 13.1 Å². The smallest absolute Gasteiger partial charge is 0.230 e. The van der Waals surface area contributed by atoms with Gasteiger partial charge in [0.25, 0.3) is 0 Å². The van der Waals surface area contributed by atoms with Gasteiger partial charge in [0.1, 0.15) is 4.32 Å². The Kier molecular flexibility index (Phi) is 5.86. The van der Waals surface area contributed by atoms with Crippen LogP contribution in [0.3, 0.4) is 0 Å². The maximum atomic E-state index is 11.9. The summed E-state index contributed by atoms with van der Waals surface area (Å²) < 4.78 is 0.852. The zero-order valence-electron chi connectivity index (χ0n) is 11.7. The first-order valence-corrected chi connectivity index (χ1v) is 8.32. The Morgan fingerprint density at radius 3 is 2.65 bits per heavy atom. The predicted molar refractivity (Wildman–Crippen MR) is 88.9 cm³/mol.